The number of nitrogens with zero attached hydrogens (tertiary/aromatic N) is 2. The zero-order valence-corrected chi connectivity index (χ0v) is 18.2. The number of carbonyl (C=O) groups excluding carboxylic acids is 1. The van der Waals surface area contributed by atoms with E-state index in [1.54, 1.807) is 0 Å². The highest BCUT2D eigenvalue weighted by atomic mass is 32.2. The number of piperidine rings is 1. The number of anilines is 2. The van der Waals surface area contributed by atoms with E-state index in [2.05, 4.69) is 17.1 Å². The molecule has 0 radical (unpaired) electrons. The number of halogens is 1. The lowest BCUT2D eigenvalue weighted by atomic mass is 9.99. The van der Waals surface area contributed by atoms with Crippen LogP contribution in [0, 0.1) is 11.7 Å². The molecule has 0 saturated carbocycles. The van der Waals surface area contributed by atoms with Gasteiger partial charge in [-0.1, -0.05) is 31.2 Å². The molecule has 1 aliphatic heterocycles. The van der Waals surface area contributed by atoms with Gasteiger partial charge in [-0.25, -0.2) is 12.8 Å². The second kappa shape index (κ2) is 9.47. The minimum absolute atomic E-state index is 0.143. The summed E-state index contributed by atoms with van der Waals surface area (Å²) in [4.78, 5) is 14.7. The van der Waals surface area contributed by atoms with Gasteiger partial charge in [0.1, 0.15) is 12.4 Å². The smallest absolute Gasteiger partial charge is 0.241 e. The Morgan fingerprint density at radius 1 is 1.20 bits per heavy atom. The number of hydrogen-bond acceptors (Lipinski definition) is 4. The van der Waals surface area contributed by atoms with E-state index in [1.165, 1.54) is 36.7 Å². The van der Waals surface area contributed by atoms with Gasteiger partial charge in [-0.15, -0.1) is 0 Å². The fourth-order valence-corrected chi connectivity index (χ4v) is 4.53. The Morgan fingerprint density at radius 3 is 2.53 bits per heavy atom. The summed E-state index contributed by atoms with van der Waals surface area (Å²) < 4.78 is 39.0. The van der Waals surface area contributed by atoms with Gasteiger partial charge in [0.05, 0.1) is 11.9 Å². The van der Waals surface area contributed by atoms with Crippen LogP contribution in [0.25, 0.3) is 0 Å². The molecule has 1 unspecified atom stereocenters. The third-order valence-electron chi connectivity index (χ3n) is 5.26. The molecule has 1 atom stereocenters. The van der Waals surface area contributed by atoms with Gasteiger partial charge in [-0.05, 0) is 48.6 Å². The summed E-state index contributed by atoms with van der Waals surface area (Å²) in [5.74, 6) is -0.513. The molecular formula is C22H28FN3O3S. The van der Waals surface area contributed by atoms with E-state index in [1.807, 2.05) is 24.3 Å². The van der Waals surface area contributed by atoms with Crippen molar-refractivity contribution in [2.45, 2.75) is 26.3 Å². The summed E-state index contributed by atoms with van der Waals surface area (Å²) in [6.07, 6.45) is 3.41. The molecule has 1 saturated heterocycles. The van der Waals surface area contributed by atoms with Crippen molar-refractivity contribution >= 4 is 27.3 Å². The predicted molar refractivity (Wildman–Crippen MR) is 117 cm³/mol. The average molecular weight is 434 g/mol. The zero-order valence-electron chi connectivity index (χ0n) is 17.3. The number of benzene rings is 2. The second-order valence-electron chi connectivity index (χ2n) is 7.86. The molecule has 2 aromatic carbocycles. The summed E-state index contributed by atoms with van der Waals surface area (Å²) >= 11 is 0. The highest BCUT2D eigenvalue weighted by Gasteiger charge is 2.23. The third-order valence-corrected chi connectivity index (χ3v) is 6.38. The van der Waals surface area contributed by atoms with Crippen LogP contribution in [0.15, 0.2) is 48.5 Å². The fraction of sp³-hybridized carbons (Fsp3) is 0.409. The molecule has 30 heavy (non-hydrogen) atoms. The first-order valence-corrected chi connectivity index (χ1v) is 11.9. The first-order valence-electron chi connectivity index (χ1n) is 10.1. The summed E-state index contributed by atoms with van der Waals surface area (Å²) in [5, 5.41) is 2.72. The number of sulfonamides is 1. The van der Waals surface area contributed by atoms with Crippen molar-refractivity contribution in [1.82, 2.24) is 5.32 Å². The minimum atomic E-state index is -3.81. The van der Waals surface area contributed by atoms with Crippen molar-refractivity contribution in [3.8, 4) is 0 Å². The summed E-state index contributed by atoms with van der Waals surface area (Å²) in [7, 11) is -3.81. The third kappa shape index (κ3) is 5.72. The molecular weight excluding hydrogens is 405 g/mol. The molecule has 6 nitrogen and oxygen atoms in total. The molecule has 1 N–H and O–H groups in total. The molecule has 0 spiro atoms. The quantitative estimate of drug-likeness (QED) is 0.728. The first-order chi connectivity index (χ1) is 14.2. The van der Waals surface area contributed by atoms with E-state index in [9.17, 15) is 17.6 Å². The first kappa shape index (κ1) is 22.1. The maximum Gasteiger partial charge on any atom is 0.241 e. The molecule has 2 aromatic rings. The highest BCUT2D eigenvalue weighted by Crippen LogP contribution is 2.23. The Labute approximate surface area is 177 Å². The summed E-state index contributed by atoms with van der Waals surface area (Å²) in [6, 6.07) is 13.5. The van der Waals surface area contributed by atoms with Gasteiger partial charge in [-0.3, -0.25) is 9.10 Å². The zero-order chi connectivity index (χ0) is 21.7. The summed E-state index contributed by atoms with van der Waals surface area (Å²) in [6.45, 7) is 4.15. The van der Waals surface area contributed by atoms with Crippen LogP contribution in [0.3, 0.4) is 0 Å². The van der Waals surface area contributed by atoms with E-state index in [0.717, 1.165) is 35.3 Å². The van der Waals surface area contributed by atoms with Gasteiger partial charge in [0.25, 0.3) is 0 Å². The van der Waals surface area contributed by atoms with Gasteiger partial charge in [-0.2, -0.15) is 0 Å². The molecule has 1 aliphatic rings. The van der Waals surface area contributed by atoms with E-state index in [0.29, 0.717) is 5.92 Å². The number of rotatable bonds is 7. The lowest BCUT2D eigenvalue weighted by molar-refractivity contribution is -0.119. The van der Waals surface area contributed by atoms with Crippen molar-refractivity contribution in [2.75, 3.05) is 35.1 Å². The predicted octanol–water partition coefficient (Wildman–Crippen LogP) is 3.14. The molecule has 8 heteroatoms. The molecule has 0 bridgehead atoms. The Bertz CT molecular complexity index is 979. The Balaban J connectivity index is 1.60. The molecule has 3 rings (SSSR count). The molecule has 1 amide bonds. The van der Waals surface area contributed by atoms with E-state index >= 15 is 0 Å². The number of carbonyl (C=O) groups is 1. The SMILES string of the molecule is CC1CCCN(c2ccc(CNC(=O)CN(c3ccccc3F)S(C)(=O)=O)cc2)C1. The maximum atomic E-state index is 14.0. The van der Waals surface area contributed by atoms with Gasteiger partial charge < -0.3 is 10.2 Å². The van der Waals surface area contributed by atoms with Crippen molar-refractivity contribution in [3.63, 3.8) is 0 Å². The number of hydrogen-bond donors (Lipinski definition) is 1. The Kier molecular flexibility index (Phi) is 6.97. The molecule has 0 aromatic heterocycles. The number of para-hydroxylation sites is 1. The van der Waals surface area contributed by atoms with Crippen molar-refractivity contribution < 1.29 is 17.6 Å². The highest BCUT2D eigenvalue weighted by molar-refractivity contribution is 7.92. The van der Waals surface area contributed by atoms with E-state index in [4.69, 9.17) is 0 Å². The van der Waals surface area contributed by atoms with Gasteiger partial charge in [0.15, 0.2) is 0 Å². The number of amides is 1. The van der Waals surface area contributed by atoms with Crippen LogP contribution in [0.4, 0.5) is 15.8 Å². The lowest BCUT2D eigenvalue weighted by Crippen LogP contribution is -2.40. The average Bonchev–Trinajstić information content (AvgIpc) is 2.71. The molecule has 0 aliphatic carbocycles. The van der Waals surface area contributed by atoms with Crippen molar-refractivity contribution in [3.05, 3.63) is 59.9 Å². The largest absolute Gasteiger partial charge is 0.371 e. The van der Waals surface area contributed by atoms with Gasteiger partial charge in [0, 0.05) is 25.3 Å². The fourth-order valence-electron chi connectivity index (χ4n) is 3.67. The lowest BCUT2D eigenvalue weighted by Gasteiger charge is -2.32. The number of nitrogens with one attached hydrogen (secondary N) is 1. The van der Waals surface area contributed by atoms with Gasteiger partial charge >= 0.3 is 0 Å². The Hall–Kier alpha value is -2.61. The van der Waals surface area contributed by atoms with E-state index < -0.39 is 28.3 Å². The second-order valence-corrected chi connectivity index (χ2v) is 9.76. The molecule has 1 heterocycles. The van der Waals surface area contributed by atoms with Crippen LogP contribution >= 0.6 is 0 Å². The van der Waals surface area contributed by atoms with Crippen LogP contribution in [0.5, 0.6) is 0 Å². The standard InChI is InChI=1S/C22H28FN3O3S/c1-17-6-5-13-25(15-17)19-11-9-18(10-12-19)14-24-22(27)16-26(30(2,28)29)21-8-4-3-7-20(21)23/h3-4,7-12,17H,5-6,13-16H2,1-2H3,(H,24,27). The topological polar surface area (TPSA) is 69.7 Å². The van der Waals surface area contributed by atoms with Crippen LogP contribution in [0.1, 0.15) is 25.3 Å². The Morgan fingerprint density at radius 2 is 1.90 bits per heavy atom. The molecule has 1 fully saturated rings. The van der Waals surface area contributed by atoms with Crippen molar-refractivity contribution in [1.29, 1.82) is 0 Å². The normalized spacial score (nSPS) is 16.9. The summed E-state index contributed by atoms with van der Waals surface area (Å²) in [5.41, 5.74) is 1.93. The minimum Gasteiger partial charge on any atom is -0.371 e. The van der Waals surface area contributed by atoms with Crippen LogP contribution in [-0.4, -0.2) is 40.2 Å². The van der Waals surface area contributed by atoms with Crippen molar-refractivity contribution in [2.24, 2.45) is 5.92 Å². The van der Waals surface area contributed by atoms with E-state index in [-0.39, 0.29) is 12.2 Å². The van der Waals surface area contributed by atoms with Crippen LogP contribution < -0.4 is 14.5 Å². The van der Waals surface area contributed by atoms with Crippen LogP contribution in [0.2, 0.25) is 0 Å². The maximum absolute atomic E-state index is 14.0. The van der Waals surface area contributed by atoms with Gasteiger partial charge in [0.2, 0.25) is 15.9 Å². The van der Waals surface area contributed by atoms with Crippen LogP contribution in [-0.2, 0) is 21.4 Å². The monoisotopic (exact) mass is 433 g/mol. The molecule has 162 valence electrons.